The van der Waals surface area contributed by atoms with E-state index in [1.807, 2.05) is 19.1 Å². The second-order valence-electron chi connectivity index (χ2n) is 4.24. The highest BCUT2D eigenvalue weighted by Gasteiger charge is 2.17. The van der Waals surface area contributed by atoms with Crippen molar-refractivity contribution in [1.29, 1.82) is 0 Å². The molecule has 2 aromatic rings. The SMILES string of the molecule is C[C@H](Cc1ccco1)NC(=O)[C@H](C)n1cncn1. The highest BCUT2D eigenvalue weighted by atomic mass is 16.3. The Morgan fingerprint density at radius 1 is 1.56 bits per heavy atom. The Labute approximate surface area is 105 Å². The molecular weight excluding hydrogens is 232 g/mol. The topological polar surface area (TPSA) is 73.0 Å². The normalized spacial score (nSPS) is 14.1. The van der Waals surface area contributed by atoms with Gasteiger partial charge in [-0.1, -0.05) is 0 Å². The van der Waals surface area contributed by atoms with E-state index in [0.29, 0.717) is 6.42 Å². The third kappa shape index (κ3) is 2.97. The zero-order valence-electron chi connectivity index (χ0n) is 10.4. The van der Waals surface area contributed by atoms with Gasteiger partial charge in [-0.15, -0.1) is 0 Å². The summed E-state index contributed by atoms with van der Waals surface area (Å²) in [5.41, 5.74) is 0. The number of hydrogen-bond acceptors (Lipinski definition) is 4. The first-order chi connectivity index (χ1) is 8.66. The van der Waals surface area contributed by atoms with Crippen molar-refractivity contribution in [2.45, 2.75) is 32.4 Å². The minimum absolute atomic E-state index is 0.00891. The van der Waals surface area contributed by atoms with Crippen LogP contribution in [0.1, 0.15) is 25.6 Å². The molecule has 0 aliphatic heterocycles. The standard InChI is InChI=1S/C12H16N4O2/c1-9(6-11-4-3-5-18-11)15-12(17)10(2)16-8-13-7-14-16/h3-5,7-10H,6H2,1-2H3,(H,15,17)/t9-,10+/m1/s1. The lowest BCUT2D eigenvalue weighted by atomic mass is 10.2. The number of furan rings is 1. The van der Waals surface area contributed by atoms with Crippen LogP contribution in [0.5, 0.6) is 0 Å². The van der Waals surface area contributed by atoms with Crippen LogP contribution in [0.15, 0.2) is 35.5 Å². The Morgan fingerprint density at radius 3 is 3.00 bits per heavy atom. The molecule has 0 radical (unpaired) electrons. The van der Waals surface area contributed by atoms with Gasteiger partial charge in [0, 0.05) is 12.5 Å². The van der Waals surface area contributed by atoms with E-state index in [9.17, 15) is 4.79 Å². The van der Waals surface area contributed by atoms with Crippen LogP contribution in [0.25, 0.3) is 0 Å². The van der Waals surface area contributed by atoms with Crippen LogP contribution in [-0.4, -0.2) is 26.7 Å². The fourth-order valence-corrected chi connectivity index (χ4v) is 1.68. The van der Waals surface area contributed by atoms with Gasteiger partial charge in [0.05, 0.1) is 6.26 Å². The predicted octanol–water partition coefficient (Wildman–Crippen LogP) is 1.18. The van der Waals surface area contributed by atoms with Gasteiger partial charge in [0.25, 0.3) is 0 Å². The first-order valence-electron chi connectivity index (χ1n) is 5.83. The molecule has 0 saturated heterocycles. The fraction of sp³-hybridized carbons (Fsp3) is 0.417. The van der Waals surface area contributed by atoms with Gasteiger partial charge in [0.15, 0.2) is 0 Å². The average molecular weight is 248 g/mol. The van der Waals surface area contributed by atoms with Crippen molar-refractivity contribution in [2.75, 3.05) is 0 Å². The van der Waals surface area contributed by atoms with Gasteiger partial charge < -0.3 is 9.73 Å². The van der Waals surface area contributed by atoms with Gasteiger partial charge in [0.1, 0.15) is 24.5 Å². The maximum absolute atomic E-state index is 11.9. The van der Waals surface area contributed by atoms with Crippen molar-refractivity contribution >= 4 is 5.91 Å². The fourth-order valence-electron chi connectivity index (χ4n) is 1.68. The number of amides is 1. The molecular formula is C12H16N4O2. The van der Waals surface area contributed by atoms with Gasteiger partial charge >= 0.3 is 0 Å². The number of aromatic nitrogens is 3. The van der Waals surface area contributed by atoms with Crippen LogP contribution in [-0.2, 0) is 11.2 Å². The molecule has 0 aliphatic rings. The number of hydrogen-bond donors (Lipinski definition) is 1. The van der Waals surface area contributed by atoms with Crippen LogP contribution in [0.3, 0.4) is 0 Å². The van der Waals surface area contributed by atoms with Gasteiger partial charge in [-0.3, -0.25) is 4.79 Å². The first-order valence-corrected chi connectivity index (χ1v) is 5.83. The molecule has 0 aliphatic carbocycles. The van der Waals surface area contributed by atoms with Gasteiger partial charge in [-0.05, 0) is 26.0 Å². The maximum atomic E-state index is 11.9. The van der Waals surface area contributed by atoms with E-state index in [1.165, 1.54) is 17.3 Å². The van der Waals surface area contributed by atoms with Crippen LogP contribution in [0.4, 0.5) is 0 Å². The predicted molar refractivity (Wildman–Crippen MR) is 64.7 cm³/mol. The number of rotatable bonds is 5. The van der Waals surface area contributed by atoms with Crippen molar-refractivity contribution in [1.82, 2.24) is 20.1 Å². The summed E-state index contributed by atoms with van der Waals surface area (Å²) < 4.78 is 6.76. The highest BCUT2D eigenvalue weighted by molar-refractivity contribution is 5.79. The second-order valence-corrected chi connectivity index (χ2v) is 4.24. The van der Waals surface area contributed by atoms with Crippen LogP contribution in [0, 0.1) is 0 Å². The number of nitrogens with one attached hydrogen (secondary N) is 1. The number of nitrogens with zero attached hydrogens (tertiary/aromatic N) is 3. The van der Waals surface area contributed by atoms with E-state index in [0.717, 1.165) is 5.76 Å². The summed E-state index contributed by atoms with van der Waals surface area (Å²) in [6, 6.07) is 3.37. The minimum atomic E-state index is -0.369. The molecule has 0 bridgehead atoms. The highest BCUT2D eigenvalue weighted by Crippen LogP contribution is 2.06. The van der Waals surface area contributed by atoms with E-state index in [4.69, 9.17) is 4.42 Å². The second kappa shape index (κ2) is 5.48. The maximum Gasteiger partial charge on any atom is 0.244 e. The summed E-state index contributed by atoms with van der Waals surface area (Å²) in [6.45, 7) is 3.72. The molecule has 6 heteroatoms. The lowest BCUT2D eigenvalue weighted by Gasteiger charge is -2.16. The van der Waals surface area contributed by atoms with E-state index in [2.05, 4.69) is 15.4 Å². The summed E-state index contributed by atoms with van der Waals surface area (Å²) in [4.78, 5) is 15.8. The van der Waals surface area contributed by atoms with Crippen LogP contribution >= 0.6 is 0 Å². The van der Waals surface area contributed by atoms with Crippen molar-refractivity contribution in [3.63, 3.8) is 0 Å². The number of carbonyl (C=O) groups is 1. The van der Waals surface area contributed by atoms with Crippen molar-refractivity contribution < 1.29 is 9.21 Å². The molecule has 2 atom stereocenters. The molecule has 2 aromatic heterocycles. The monoisotopic (exact) mass is 248 g/mol. The smallest absolute Gasteiger partial charge is 0.244 e. The summed E-state index contributed by atoms with van der Waals surface area (Å²) in [5.74, 6) is 0.774. The summed E-state index contributed by atoms with van der Waals surface area (Å²) in [5, 5.41) is 6.87. The Kier molecular flexibility index (Phi) is 3.76. The van der Waals surface area contributed by atoms with E-state index < -0.39 is 0 Å². The molecule has 1 amide bonds. The van der Waals surface area contributed by atoms with Crippen LogP contribution in [0.2, 0.25) is 0 Å². The Balaban J connectivity index is 1.87. The summed E-state index contributed by atoms with van der Waals surface area (Å²) in [7, 11) is 0. The quantitative estimate of drug-likeness (QED) is 0.862. The van der Waals surface area contributed by atoms with E-state index in [1.54, 1.807) is 13.2 Å². The summed E-state index contributed by atoms with van der Waals surface area (Å²) >= 11 is 0. The Morgan fingerprint density at radius 2 is 2.39 bits per heavy atom. The molecule has 0 fully saturated rings. The van der Waals surface area contributed by atoms with Crippen LogP contribution < -0.4 is 5.32 Å². The molecule has 0 unspecified atom stereocenters. The van der Waals surface area contributed by atoms with Gasteiger partial charge in [-0.25, -0.2) is 9.67 Å². The lowest BCUT2D eigenvalue weighted by Crippen LogP contribution is -2.38. The van der Waals surface area contributed by atoms with Gasteiger partial charge in [-0.2, -0.15) is 5.10 Å². The largest absolute Gasteiger partial charge is 0.469 e. The first kappa shape index (κ1) is 12.3. The molecule has 96 valence electrons. The van der Waals surface area contributed by atoms with Crippen molar-refractivity contribution in [3.05, 3.63) is 36.8 Å². The zero-order valence-corrected chi connectivity index (χ0v) is 10.4. The molecule has 18 heavy (non-hydrogen) atoms. The van der Waals surface area contributed by atoms with Crippen molar-refractivity contribution in [3.8, 4) is 0 Å². The van der Waals surface area contributed by atoms with E-state index >= 15 is 0 Å². The van der Waals surface area contributed by atoms with Gasteiger partial charge in [0.2, 0.25) is 5.91 Å². The molecule has 6 nitrogen and oxygen atoms in total. The van der Waals surface area contributed by atoms with Crippen molar-refractivity contribution in [2.24, 2.45) is 0 Å². The average Bonchev–Trinajstić information content (AvgIpc) is 2.99. The molecule has 0 spiro atoms. The molecule has 0 aromatic carbocycles. The third-order valence-corrected chi connectivity index (χ3v) is 2.69. The lowest BCUT2D eigenvalue weighted by molar-refractivity contribution is -0.124. The minimum Gasteiger partial charge on any atom is -0.469 e. The molecule has 2 rings (SSSR count). The molecule has 2 heterocycles. The molecule has 0 saturated carbocycles. The summed E-state index contributed by atoms with van der Waals surface area (Å²) in [6.07, 6.45) is 5.24. The Bertz CT molecular complexity index is 478. The number of carbonyl (C=O) groups excluding carboxylic acids is 1. The van der Waals surface area contributed by atoms with E-state index in [-0.39, 0.29) is 18.0 Å². The zero-order chi connectivity index (χ0) is 13.0. The molecule has 1 N–H and O–H groups in total. The Hall–Kier alpha value is -2.11. The third-order valence-electron chi connectivity index (χ3n) is 2.69.